The van der Waals surface area contributed by atoms with Crippen LogP contribution in [0.25, 0.3) is 22.4 Å². The number of benzene rings is 1. The summed E-state index contributed by atoms with van der Waals surface area (Å²) in [5.41, 5.74) is 2.54. The third-order valence-electron chi connectivity index (χ3n) is 4.03. The fourth-order valence-corrected chi connectivity index (χ4v) is 2.73. The molecule has 0 atom stereocenters. The standard InChI is InChI=1S/C17H16N2O2/c1-11-4-7-14-13(9-11)16(15-3-2-8-21-15)18-17(20)19(14)10-12-5-6-12/h2-4,7-9,12H,5-6,10H2,1H3. The molecule has 0 N–H and O–H groups in total. The van der Waals surface area contributed by atoms with Crippen LogP contribution in [0.3, 0.4) is 0 Å². The minimum Gasteiger partial charge on any atom is -0.463 e. The number of furan rings is 1. The molecule has 2 aromatic heterocycles. The Morgan fingerprint density at radius 1 is 1.33 bits per heavy atom. The van der Waals surface area contributed by atoms with Gasteiger partial charge in [-0.05, 0) is 49.9 Å². The number of hydrogen-bond acceptors (Lipinski definition) is 3. The fraction of sp³-hybridized carbons (Fsp3) is 0.294. The van der Waals surface area contributed by atoms with Gasteiger partial charge in [0.25, 0.3) is 0 Å². The van der Waals surface area contributed by atoms with Crippen LogP contribution in [0.5, 0.6) is 0 Å². The van der Waals surface area contributed by atoms with Gasteiger partial charge in [0.15, 0.2) is 5.76 Å². The lowest BCUT2D eigenvalue weighted by molar-refractivity contribution is 0.576. The Hall–Kier alpha value is -2.36. The second-order valence-electron chi connectivity index (χ2n) is 5.79. The molecule has 3 aromatic rings. The predicted octanol–water partition coefficient (Wildman–Crippen LogP) is 3.37. The minimum absolute atomic E-state index is 0.190. The Kier molecular flexibility index (Phi) is 2.70. The van der Waals surface area contributed by atoms with Crippen LogP contribution >= 0.6 is 0 Å². The Bertz CT molecular complexity index is 858. The Balaban J connectivity index is 2.02. The van der Waals surface area contributed by atoms with E-state index in [1.165, 1.54) is 12.8 Å². The van der Waals surface area contributed by atoms with E-state index in [2.05, 4.69) is 11.1 Å². The lowest BCUT2D eigenvalue weighted by Gasteiger charge is -2.12. The first-order valence-electron chi connectivity index (χ1n) is 7.27. The van der Waals surface area contributed by atoms with E-state index in [1.54, 1.807) is 10.8 Å². The quantitative estimate of drug-likeness (QED) is 0.739. The second kappa shape index (κ2) is 4.58. The molecule has 1 aromatic carbocycles. The van der Waals surface area contributed by atoms with Gasteiger partial charge in [0.2, 0.25) is 0 Å². The average molecular weight is 280 g/mol. The van der Waals surface area contributed by atoms with Gasteiger partial charge in [0.05, 0.1) is 11.8 Å². The topological polar surface area (TPSA) is 48.0 Å². The summed E-state index contributed by atoms with van der Waals surface area (Å²) in [4.78, 5) is 16.7. The highest BCUT2D eigenvalue weighted by Gasteiger charge is 2.24. The van der Waals surface area contributed by atoms with Crippen molar-refractivity contribution >= 4 is 10.9 Å². The predicted molar refractivity (Wildman–Crippen MR) is 81.2 cm³/mol. The molecule has 106 valence electrons. The largest absolute Gasteiger partial charge is 0.463 e. The van der Waals surface area contributed by atoms with Crippen molar-refractivity contribution in [2.45, 2.75) is 26.3 Å². The third kappa shape index (κ3) is 2.17. The van der Waals surface area contributed by atoms with Crippen molar-refractivity contribution in [1.82, 2.24) is 9.55 Å². The van der Waals surface area contributed by atoms with Crippen LogP contribution in [0.15, 0.2) is 45.8 Å². The minimum atomic E-state index is -0.190. The molecule has 21 heavy (non-hydrogen) atoms. The van der Waals surface area contributed by atoms with Crippen molar-refractivity contribution in [3.63, 3.8) is 0 Å². The number of fused-ring (bicyclic) bond motifs is 1. The zero-order valence-electron chi connectivity index (χ0n) is 11.9. The van der Waals surface area contributed by atoms with E-state index in [1.807, 2.05) is 31.2 Å². The van der Waals surface area contributed by atoms with Gasteiger partial charge in [-0.25, -0.2) is 4.79 Å². The Morgan fingerprint density at radius 3 is 2.90 bits per heavy atom. The normalized spacial score (nSPS) is 14.7. The molecule has 4 heteroatoms. The summed E-state index contributed by atoms with van der Waals surface area (Å²) in [5.74, 6) is 1.27. The van der Waals surface area contributed by atoms with E-state index in [0.29, 0.717) is 17.4 Å². The van der Waals surface area contributed by atoms with Crippen LogP contribution in [-0.2, 0) is 6.54 Å². The first kappa shape index (κ1) is 12.4. The molecule has 0 spiro atoms. The van der Waals surface area contributed by atoms with E-state index in [-0.39, 0.29) is 5.69 Å². The summed E-state index contributed by atoms with van der Waals surface area (Å²) >= 11 is 0. The molecule has 0 bridgehead atoms. The van der Waals surface area contributed by atoms with Gasteiger partial charge in [-0.1, -0.05) is 11.6 Å². The molecular formula is C17H16N2O2. The number of aromatic nitrogens is 2. The van der Waals surface area contributed by atoms with Crippen LogP contribution in [0.1, 0.15) is 18.4 Å². The molecule has 0 saturated heterocycles. The van der Waals surface area contributed by atoms with E-state index in [9.17, 15) is 4.79 Å². The van der Waals surface area contributed by atoms with Crippen LogP contribution in [0.4, 0.5) is 0 Å². The van der Waals surface area contributed by atoms with Gasteiger partial charge in [-0.15, -0.1) is 0 Å². The van der Waals surface area contributed by atoms with Gasteiger partial charge in [-0.2, -0.15) is 4.98 Å². The average Bonchev–Trinajstić information content (AvgIpc) is 3.12. The summed E-state index contributed by atoms with van der Waals surface area (Å²) in [6.45, 7) is 2.81. The molecule has 0 unspecified atom stereocenters. The van der Waals surface area contributed by atoms with Crippen LogP contribution < -0.4 is 5.69 Å². The van der Waals surface area contributed by atoms with Gasteiger partial charge < -0.3 is 4.42 Å². The maximum Gasteiger partial charge on any atom is 0.348 e. The second-order valence-corrected chi connectivity index (χ2v) is 5.79. The maximum atomic E-state index is 12.4. The van der Waals surface area contributed by atoms with Crippen molar-refractivity contribution in [2.75, 3.05) is 0 Å². The van der Waals surface area contributed by atoms with Gasteiger partial charge in [0.1, 0.15) is 5.69 Å². The molecule has 4 nitrogen and oxygen atoms in total. The smallest absolute Gasteiger partial charge is 0.348 e. The van der Waals surface area contributed by atoms with Crippen molar-refractivity contribution < 1.29 is 4.42 Å². The molecule has 2 heterocycles. The van der Waals surface area contributed by atoms with Gasteiger partial charge in [0, 0.05) is 11.9 Å². The lowest BCUT2D eigenvalue weighted by atomic mass is 10.1. The van der Waals surface area contributed by atoms with Crippen molar-refractivity contribution in [3.05, 3.63) is 52.6 Å². The van der Waals surface area contributed by atoms with E-state index in [4.69, 9.17) is 4.42 Å². The molecule has 1 aliphatic rings. The van der Waals surface area contributed by atoms with E-state index in [0.717, 1.165) is 23.0 Å². The Morgan fingerprint density at radius 2 is 2.19 bits per heavy atom. The van der Waals surface area contributed by atoms with Crippen LogP contribution in [0.2, 0.25) is 0 Å². The number of rotatable bonds is 3. The molecule has 4 rings (SSSR count). The molecule has 1 aliphatic carbocycles. The maximum absolute atomic E-state index is 12.4. The molecule has 0 radical (unpaired) electrons. The fourth-order valence-electron chi connectivity index (χ4n) is 2.73. The highest BCUT2D eigenvalue weighted by molar-refractivity contribution is 5.91. The highest BCUT2D eigenvalue weighted by atomic mass is 16.3. The van der Waals surface area contributed by atoms with Crippen molar-refractivity contribution in [1.29, 1.82) is 0 Å². The number of nitrogens with zero attached hydrogens (tertiary/aromatic N) is 2. The van der Waals surface area contributed by atoms with Crippen LogP contribution in [-0.4, -0.2) is 9.55 Å². The van der Waals surface area contributed by atoms with Gasteiger partial charge in [-0.3, -0.25) is 4.57 Å². The summed E-state index contributed by atoms with van der Waals surface area (Å²) in [6.07, 6.45) is 4.02. The molecular weight excluding hydrogens is 264 g/mol. The molecule has 0 amide bonds. The van der Waals surface area contributed by atoms with Crippen molar-refractivity contribution in [2.24, 2.45) is 5.92 Å². The van der Waals surface area contributed by atoms with Crippen molar-refractivity contribution in [3.8, 4) is 11.5 Å². The summed E-state index contributed by atoms with van der Waals surface area (Å²) in [6, 6.07) is 9.78. The monoisotopic (exact) mass is 280 g/mol. The first-order chi connectivity index (χ1) is 10.2. The molecule has 1 saturated carbocycles. The van der Waals surface area contributed by atoms with E-state index < -0.39 is 0 Å². The first-order valence-corrected chi connectivity index (χ1v) is 7.27. The van der Waals surface area contributed by atoms with E-state index >= 15 is 0 Å². The summed E-state index contributed by atoms with van der Waals surface area (Å²) < 4.78 is 7.25. The third-order valence-corrected chi connectivity index (χ3v) is 4.03. The summed E-state index contributed by atoms with van der Waals surface area (Å²) in [5, 5.41) is 0.977. The number of aryl methyl sites for hydroxylation is 1. The number of hydrogen-bond donors (Lipinski definition) is 0. The SMILES string of the molecule is Cc1ccc2c(c1)c(-c1ccco1)nc(=O)n2CC1CC1. The summed E-state index contributed by atoms with van der Waals surface area (Å²) in [7, 11) is 0. The van der Waals surface area contributed by atoms with Crippen LogP contribution in [0, 0.1) is 12.8 Å². The zero-order valence-corrected chi connectivity index (χ0v) is 11.9. The highest BCUT2D eigenvalue weighted by Crippen LogP contribution is 2.32. The zero-order chi connectivity index (χ0) is 14.4. The lowest BCUT2D eigenvalue weighted by Crippen LogP contribution is -2.24. The Labute approximate surface area is 122 Å². The molecule has 0 aliphatic heterocycles. The molecule has 1 fully saturated rings. The van der Waals surface area contributed by atoms with Gasteiger partial charge >= 0.3 is 5.69 Å².